The van der Waals surface area contributed by atoms with Gasteiger partial charge < -0.3 is 10.6 Å². The van der Waals surface area contributed by atoms with E-state index >= 15 is 0 Å². The number of carbonyl (C=O) groups is 2. The molecule has 140 valence electrons. The topological polar surface area (TPSA) is 75.5 Å². The molecule has 0 fully saturated rings. The van der Waals surface area contributed by atoms with Crippen molar-refractivity contribution >= 4 is 34.6 Å². The predicted octanol–water partition coefficient (Wildman–Crippen LogP) is 4.00. The van der Waals surface area contributed by atoms with Crippen molar-refractivity contribution in [3.05, 3.63) is 64.2 Å². The minimum absolute atomic E-state index is 0.0377. The van der Waals surface area contributed by atoms with Crippen molar-refractivity contribution in [2.24, 2.45) is 0 Å². The van der Waals surface area contributed by atoms with E-state index in [-0.39, 0.29) is 23.5 Å². The van der Waals surface area contributed by atoms with Crippen molar-refractivity contribution in [2.75, 3.05) is 5.32 Å². The van der Waals surface area contributed by atoms with Crippen LogP contribution in [0.4, 0.5) is 5.69 Å². The molecule has 1 aromatic carbocycles. The summed E-state index contributed by atoms with van der Waals surface area (Å²) >= 11 is 6.29. The van der Waals surface area contributed by atoms with E-state index in [9.17, 15) is 9.59 Å². The van der Waals surface area contributed by atoms with Gasteiger partial charge in [-0.15, -0.1) is 0 Å². The predicted molar refractivity (Wildman–Crippen MR) is 107 cm³/mol. The zero-order valence-corrected chi connectivity index (χ0v) is 16.4. The Bertz CT molecular complexity index is 1020. The zero-order chi connectivity index (χ0) is 19.7. The maximum absolute atomic E-state index is 12.9. The van der Waals surface area contributed by atoms with Gasteiger partial charge in [0.2, 0.25) is 5.82 Å². The summed E-state index contributed by atoms with van der Waals surface area (Å²) in [6, 6.07) is 9.01. The van der Waals surface area contributed by atoms with Gasteiger partial charge in [0.05, 0.1) is 16.2 Å². The summed E-state index contributed by atoms with van der Waals surface area (Å²) < 4.78 is 1.60. The molecule has 3 aromatic rings. The molecular weight excluding hydrogens is 364 g/mol. The monoisotopic (exact) mass is 384 g/mol. The average molecular weight is 385 g/mol. The lowest BCUT2D eigenvalue weighted by molar-refractivity contribution is 0.0940. The molecular formula is C20H21ClN4O2. The number of carbonyl (C=O) groups excluding carboxylic acids is 2. The minimum Gasteiger partial charge on any atom is -0.348 e. The number of aromatic nitrogens is 2. The molecule has 2 heterocycles. The molecule has 0 aliphatic carbocycles. The summed E-state index contributed by atoms with van der Waals surface area (Å²) in [5.74, 6) is -0.638. The minimum atomic E-state index is -0.436. The van der Waals surface area contributed by atoms with Crippen molar-refractivity contribution in [3.8, 4) is 0 Å². The highest BCUT2D eigenvalue weighted by Crippen LogP contribution is 2.28. The average Bonchev–Trinajstić information content (AvgIpc) is 2.97. The van der Waals surface area contributed by atoms with Crippen LogP contribution in [0.15, 0.2) is 36.5 Å². The van der Waals surface area contributed by atoms with Crippen LogP contribution in [0.2, 0.25) is 5.02 Å². The van der Waals surface area contributed by atoms with Crippen LogP contribution >= 0.6 is 11.6 Å². The Balaban J connectivity index is 2.02. The van der Waals surface area contributed by atoms with E-state index < -0.39 is 5.91 Å². The molecule has 0 aliphatic heterocycles. The fourth-order valence-corrected chi connectivity index (χ4v) is 3.31. The summed E-state index contributed by atoms with van der Waals surface area (Å²) in [6.45, 7) is 7.55. The molecule has 0 aliphatic rings. The van der Waals surface area contributed by atoms with E-state index in [1.165, 1.54) is 0 Å². The maximum Gasteiger partial charge on any atom is 0.292 e. The number of nitrogens with zero attached hydrogens (tertiary/aromatic N) is 2. The Hall–Kier alpha value is -2.86. The quantitative estimate of drug-likeness (QED) is 0.714. The van der Waals surface area contributed by atoms with Gasteiger partial charge in [0.25, 0.3) is 11.8 Å². The molecule has 0 spiro atoms. The van der Waals surface area contributed by atoms with Gasteiger partial charge in [-0.05, 0) is 57.0 Å². The van der Waals surface area contributed by atoms with E-state index in [0.29, 0.717) is 16.2 Å². The third-order valence-electron chi connectivity index (χ3n) is 4.06. The second-order valence-electron chi connectivity index (χ2n) is 6.76. The van der Waals surface area contributed by atoms with Crippen molar-refractivity contribution in [1.82, 2.24) is 14.7 Å². The lowest BCUT2D eigenvalue weighted by Crippen LogP contribution is -2.30. The van der Waals surface area contributed by atoms with Crippen LogP contribution in [0.5, 0.6) is 0 Å². The number of halogens is 1. The zero-order valence-electron chi connectivity index (χ0n) is 15.6. The molecule has 0 unspecified atom stereocenters. The summed E-state index contributed by atoms with van der Waals surface area (Å²) in [4.78, 5) is 29.7. The molecule has 2 N–H and O–H groups in total. The van der Waals surface area contributed by atoms with Gasteiger partial charge in [-0.25, -0.2) is 4.98 Å². The van der Waals surface area contributed by atoms with E-state index in [1.54, 1.807) is 34.9 Å². The van der Waals surface area contributed by atoms with Crippen LogP contribution in [0.3, 0.4) is 0 Å². The Morgan fingerprint density at radius 1 is 1.15 bits per heavy atom. The highest BCUT2D eigenvalue weighted by atomic mass is 35.5. The molecule has 6 nitrogen and oxygen atoms in total. The molecule has 0 bridgehead atoms. The number of rotatable bonds is 4. The lowest BCUT2D eigenvalue weighted by atomic mass is 10.1. The molecule has 0 saturated carbocycles. The molecule has 7 heteroatoms. The summed E-state index contributed by atoms with van der Waals surface area (Å²) in [5.41, 5.74) is 3.17. The highest BCUT2D eigenvalue weighted by molar-refractivity contribution is 6.34. The van der Waals surface area contributed by atoms with Crippen molar-refractivity contribution in [3.63, 3.8) is 0 Å². The first-order valence-electron chi connectivity index (χ1n) is 8.64. The Morgan fingerprint density at radius 2 is 1.89 bits per heavy atom. The third-order valence-corrected chi connectivity index (χ3v) is 4.35. The molecule has 0 radical (unpaired) electrons. The molecule has 0 atom stereocenters. The van der Waals surface area contributed by atoms with Gasteiger partial charge in [-0.2, -0.15) is 0 Å². The maximum atomic E-state index is 12.9. The standard InChI is InChI=1S/C20H21ClN4O2/c1-11(2)22-19(26)17-15-7-5-6-8-25(15)18(23-17)20(27)24-16-13(4)9-12(3)10-14(16)21/h5-11H,1-4H3,(H,22,26)(H,24,27). The smallest absolute Gasteiger partial charge is 0.292 e. The highest BCUT2D eigenvalue weighted by Gasteiger charge is 2.22. The van der Waals surface area contributed by atoms with Gasteiger partial charge in [0, 0.05) is 12.2 Å². The first kappa shape index (κ1) is 18.9. The van der Waals surface area contributed by atoms with Crippen LogP contribution < -0.4 is 10.6 Å². The second kappa shape index (κ2) is 7.40. The van der Waals surface area contributed by atoms with Crippen molar-refractivity contribution < 1.29 is 9.59 Å². The number of amides is 2. The molecule has 2 aromatic heterocycles. The number of benzene rings is 1. The molecule has 3 rings (SSSR count). The van der Waals surface area contributed by atoms with E-state index in [0.717, 1.165) is 11.1 Å². The van der Waals surface area contributed by atoms with Gasteiger partial charge in [-0.3, -0.25) is 14.0 Å². The van der Waals surface area contributed by atoms with Crippen LogP contribution in [-0.2, 0) is 0 Å². The van der Waals surface area contributed by atoms with E-state index in [1.807, 2.05) is 33.8 Å². The first-order valence-corrected chi connectivity index (χ1v) is 9.01. The van der Waals surface area contributed by atoms with E-state index in [2.05, 4.69) is 15.6 Å². The SMILES string of the molecule is Cc1cc(C)c(NC(=O)c2nc(C(=O)NC(C)C)c3ccccn23)c(Cl)c1. The number of nitrogens with one attached hydrogen (secondary N) is 2. The lowest BCUT2D eigenvalue weighted by Gasteiger charge is -2.11. The molecule has 0 saturated heterocycles. The Labute approximate surface area is 162 Å². The van der Waals surface area contributed by atoms with Crippen LogP contribution in [-0.4, -0.2) is 27.2 Å². The third kappa shape index (κ3) is 3.80. The van der Waals surface area contributed by atoms with E-state index in [4.69, 9.17) is 11.6 Å². The fourth-order valence-electron chi connectivity index (χ4n) is 2.94. The van der Waals surface area contributed by atoms with Crippen LogP contribution in [0.25, 0.3) is 5.52 Å². The number of fused-ring (bicyclic) bond motifs is 1. The molecule has 27 heavy (non-hydrogen) atoms. The summed E-state index contributed by atoms with van der Waals surface area (Å²) in [7, 11) is 0. The van der Waals surface area contributed by atoms with Crippen LogP contribution in [0, 0.1) is 13.8 Å². The number of hydrogen-bond acceptors (Lipinski definition) is 3. The summed E-state index contributed by atoms with van der Waals surface area (Å²) in [6.07, 6.45) is 1.70. The van der Waals surface area contributed by atoms with Gasteiger partial charge >= 0.3 is 0 Å². The second-order valence-corrected chi connectivity index (χ2v) is 7.17. The van der Waals surface area contributed by atoms with Crippen molar-refractivity contribution in [2.45, 2.75) is 33.7 Å². The fraction of sp³-hybridized carbons (Fsp3) is 0.250. The summed E-state index contributed by atoms with van der Waals surface area (Å²) in [5, 5.41) is 6.09. The number of hydrogen-bond donors (Lipinski definition) is 2. The van der Waals surface area contributed by atoms with Gasteiger partial charge in [-0.1, -0.05) is 23.7 Å². The number of anilines is 1. The first-order chi connectivity index (χ1) is 12.8. The van der Waals surface area contributed by atoms with Crippen LogP contribution in [0.1, 0.15) is 46.1 Å². The van der Waals surface area contributed by atoms with Crippen molar-refractivity contribution in [1.29, 1.82) is 0 Å². The number of aryl methyl sites for hydroxylation is 2. The van der Waals surface area contributed by atoms with Gasteiger partial charge in [0.1, 0.15) is 0 Å². The largest absolute Gasteiger partial charge is 0.348 e. The number of imidazole rings is 1. The number of pyridine rings is 1. The molecule has 2 amide bonds. The normalized spacial score (nSPS) is 11.0. The Kier molecular flexibility index (Phi) is 5.19. The Morgan fingerprint density at radius 3 is 2.56 bits per heavy atom. The van der Waals surface area contributed by atoms with Gasteiger partial charge in [0.15, 0.2) is 5.69 Å².